The van der Waals surface area contributed by atoms with E-state index in [1.54, 1.807) is 12.1 Å². The molecule has 3 unspecified atom stereocenters. The number of halogens is 1. The number of carbonyl (C=O) groups excluding carboxylic acids is 1. The number of hydrogen-bond acceptors (Lipinski definition) is 7. The van der Waals surface area contributed by atoms with Crippen LogP contribution in [0.25, 0.3) is 0 Å². The van der Waals surface area contributed by atoms with Crippen molar-refractivity contribution in [1.29, 1.82) is 0 Å². The summed E-state index contributed by atoms with van der Waals surface area (Å²) in [6.45, 7) is 2.21. The van der Waals surface area contributed by atoms with Crippen LogP contribution in [0.2, 0.25) is 5.02 Å². The largest absolute Gasteiger partial charge is 0.489 e. The fourth-order valence-electron chi connectivity index (χ4n) is 3.71. The number of rotatable bonds is 17. The molecule has 0 saturated carbocycles. The average Bonchev–Trinajstić information content (AvgIpc) is 2.84. The average molecular weight is 486 g/mol. The fraction of sp³-hybridized carbons (Fsp3) is 0.720. The van der Waals surface area contributed by atoms with Gasteiger partial charge in [-0.25, -0.2) is 0 Å². The molecule has 3 atom stereocenters. The Balaban J connectivity index is 1.66. The van der Waals surface area contributed by atoms with E-state index in [1.165, 1.54) is 7.11 Å². The highest BCUT2D eigenvalue weighted by atomic mass is 35.5. The molecular weight excluding hydrogens is 446 g/mol. The lowest BCUT2D eigenvalue weighted by atomic mass is 10.1. The van der Waals surface area contributed by atoms with Crippen molar-refractivity contribution in [3.8, 4) is 5.75 Å². The van der Waals surface area contributed by atoms with Crippen LogP contribution >= 0.6 is 11.6 Å². The number of esters is 1. The molecule has 1 aromatic rings. The van der Waals surface area contributed by atoms with E-state index in [-0.39, 0.29) is 24.9 Å². The Morgan fingerprint density at radius 1 is 1.18 bits per heavy atom. The highest BCUT2D eigenvalue weighted by Gasteiger charge is 2.17. The molecule has 1 fully saturated rings. The van der Waals surface area contributed by atoms with Crippen molar-refractivity contribution in [3.63, 3.8) is 0 Å². The van der Waals surface area contributed by atoms with Crippen LogP contribution in [0.1, 0.15) is 64.2 Å². The predicted molar refractivity (Wildman–Crippen MR) is 129 cm³/mol. The lowest BCUT2D eigenvalue weighted by Crippen LogP contribution is -2.38. The molecule has 0 aromatic heterocycles. The third kappa shape index (κ3) is 12.6. The fourth-order valence-corrected chi connectivity index (χ4v) is 3.90. The number of nitrogens with one attached hydrogen (secondary N) is 1. The summed E-state index contributed by atoms with van der Waals surface area (Å²) in [4.78, 5) is 11.2. The summed E-state index contributed by atoms with van der Waals surface area (Å²) in [6, 6.07) is 7.44. The second-order valence-electron chi connectivity index (χ2n) is 8.49. The first-order chi connectivity index (χ1) is 16.1. The van der Waals surface area contributed by atoms with Crippen LogP contribution in [0.3, 0.4) is 0 Å². The number of aliphatic hydroxyl groups is 1. The Bertz CT molecular complexity index is 656. The van der Waals surface area contributed by atoms with E-state index >= 15 is 0 Å². The maximum atomic E-state index is 11.2. The van der Waals surface area contributed by atoms with E-state index in [0.717, 1.165) is 58.0 Å². The van der Waals surface area contributed by atoms with Gasteiger partial charge in [-0.1, -0.05) is 43.0 Å². The molecule has 2 rings (SSSR count). The minimum absolute atomic E-state index is 0.113. The van der Waals surface area contributed by atoms with Crippen LogP contribution in [0, 0.1) is 0 Å². The normalized spacial score (nSPS) is 18.0. The van der Waals surface area contributed by atoms with E-state index in [9.17, 15) is 9.90 Å². The number of ether oxygens (including phenoxy) is 4. The topological polar surface area (TPSA) is 86.3 Å². The zero-order chi connectivity index (χ0) is 23.7. The minimum atomic E-state index is -0.588. The summed E-state index contributed by atoms with van der Waals surface area (Å²) in [6.07, 6.45) is 8.47. The van der Waals surface area contributed by atoms with E-state index < -0.39 is 6.10 Å². The third-order valence-corrected chi connectivity index (χ3v) is 6.02. The maximum absolute atomic E-state index is 11.2. The molecule has 7 nitrogen and oxygen atoms in total. The van der Waals surface area contributed by atoms with Crippen molar-refractivity contribution in [2.45, 2.75) is 82.6 Å². The van der Waals surface area contributed by atoms with Crippen LogP contribution in [0.15, 0.2) is 24.3 Å². The zero-order valence-corrected chi connectivity index (χ0v) is 20.6. The highest BCUT2D eigenvalue weighted by molar-refractivity contribution is 6.32. The highest BCUT2D eigenvalue weighted by Crippen LogP contribution is 2.23. The molecule has 0 bridgehead atoms. The Kier molecular flexibility index (Phi) is 14.4. The number of carbonyl (C=O) groups is 1. The quantitative estimate of drug-likeness (QED) is 0.248. The first-order valence-electron chi connectivity index (χ1n) is 12.2. The standard InChI is InChI=1S/C25H40ClNO6/c1-30-24(29)13-5-3-2-4-10-20(18-33-25-14-8-9-17-31-25)27-16-15-21(28)19-32-23-12-7-6-11-22(23)26/h6-7,11-12,20-21,25,27-28H,2-5,8-10,13-19H2,1H3. The van der Waals surface area contributed by atoms with Crippen LogP contribution in [0.4, 0.5) is 0 Å². The number of para-hydroxylation sites is 1. The van der Waals surface area contributed by atoms with Crippen LogP contribution in [0.5, 0.6) is 5.75 Å². The lowest BCUT2D eigenvalue weighted by molar-refractivity contribution is -0.166. The van der Waals surface area contributed by atoms with Crippen LogP contribution in [-0.2, 0) is 19.0 Å². The van der Waals surface area contributed by atoms with Crippen molar-refractivity contribution in [2.24, 2.45) is 0 Å². The molecule has 1 aliphatic heterocycles. The molecule has 1 saturated heterocycles. The van der Waals surface area contributed by atoms with Crippen molar-refractivity contribution >= 4 is 17.6 Å². The molecule has 0 amide bonds. The second-order valence-corrected chi connectivity index (χ2v) is 8.90. The number of unbranched alkanes of at least 4 members (excludes halogenated alkanes) is 3. The molecule has 0 aliphatic carbocycles. The van der Waals surface area contributed by atoms with Crippen molar-refractivity contribution in [2.75, 3.05) is 33.5 Å². The summed E-state index contributed by atoms with van der Waals surface area (Å²) in [5.41, 5.74) is 0. The monoisotopic (exact) mass is 485 g/mol. The SMILES string of the molecule is COC(=O)CCCCCCC(COC1CCCCO1)NCCC(O)COc1ccccc1Cl. The molecule has 2 N–H and O–H groups in total. The van der Waals surface area contributed by atoms with Gasteiger partial charge < -0.3 is 29.4 Å². The number of aliphatic hydroxyl groups excluding tert-OH is 1. The summed E-state index contributed by atoms with van der Waals surface area (Å²) < 4.78 is 22.0. The molecule has 1 aromatic carbocycles. The number of methoxy groups -OCH3 is 1. The lowest BCUT2D eigenvalue weighted by Gasteiger charge is -2.26. The summed E-state index contributed by atoms with van der Waals surface area (Å²) >= 11 is 6.09. The first kappa shape index (κ1) is 27.9. The summed E-state index contributed by atoms with van der Waals surface area (Å²) in [5.74, 6) is 0.435. The second kappa shape index (κ2) is 17.1. The van der Waals surface area contributed by atoms with Gasteiger partial charge in [0.2, 0.25) is 0 Å². The van der Waals surface area contributed by atoms with E-state index in [1.807, 2.05) is 12.1 Å². The third-order valence-electron chi connectivity index (χ3n) is 5.71. The van der Waals surface area contributed by atoms with Gasteiger partial charge in [0.25, 0.3) is 0 Å². The van der Waals surface area contributed by atoms with Crippen molar-refractivity contribution in [3.05, 3.63) is 29.3 Å². The number of hydrogen-bond donors (Lipinski definition) is 2. The van der Waals surface area contributed by atoms with Gasteiger partial charge in [-0.15, -0.1) is 0 Å². The molecule has 188 valence electrons. The van der Waals surface area contributed by atoms with Gasteiger partial charge in [-0.05, 0) is 57.2 Å². The minimum Gasteiger partial charge on any atom is -0.489 e. The van der Waals surface area contributed by atoms with Crippen LogP contribution < -0.4 is 10.1 Å². The van der Waals surface area contributed by atoms with Gasteiger partial charge in [0.15, 0.2) is 6.29 Å². The Morgan fingerprint density at radius 3 is 2.76 bits per heavy atom. The smallest absolute Gasteiger partial charge is 0.305 e. The van der Waals surface area contributed by atoms with Gasteiger partial charge in [0.1, 0.15) is 12.4 Å². The zero-order valence-electron chi connectivity index (χ0n) is 19.8. The van der Waals surface area contributed by atoms with Crippen molar-refractivity contribution in [1.82, 2.24) is 5.32 Å². The predicted octanol–water partition coefficient (Wildman–Crippen LogP) is 4.48. The van der Waals surface area contributed by atoms with Gasteiger partial charge >= 0.3 is 5.97 Å². The molecule has 0 spiro atoms. The van der Waals surface area contributed by atoms with Gasteiger partial charge in [0.05, 0.1) is 24.8 Å². The molecule has 1 heterocycles. The molecule has 33 heavy (non-hydrogen) atoms. The molecule has 0 radical (unpaired) electrons. The summed E-state index contributed by atoms with van der Waals surface area (Å²) in [5, 5.41) is 14.3. The van der Waals surface area contributed by atoms with E-state index in [4.69, 9.17) is 25.8 Å². The Morgan fingerprint density at radius 2 is 2.00 bits per heavy atom. The van der Waals surface area contributed by atoms with E-state index in [2.05, 4.69) is 10.1 Å². The van der Waals surface area contributed by atoms with Gasteiger partial charge in [-0.2, -0.15) is 0 Å². The summed E-state index contributed by atoms with van der Waals surface area (Å²) in [7, 11) is 1.43. The van der Waals surface area contributed by atoms with Crippen molar-refractivity contribution < 1.29 is 28.8 Å². The van der Waals surface area contributed by atoms with E-state index in [0.29, 0.717) is 36.8 Å². The van der Waals surface area contributed by atoms with Crippen LogP contribution in [-0.4, -0.2) is 63.0 Å². The van der Waals surface area contributed by atoms with Gasteiger partial charge in [0, 0.05) is 19.1 Å². The van der Waals surface area contributed by atoms with Gasteiger partial charge in [-0.3, -0.25) is 4.79 Å². The molecular formula is C25H40ClNO6. The molecule has 1 aliphatic rings. The Labute approximate surface area is 203 Å². The first-order valence-corrected chi connectivity index (χ1v) is 12.5. The Hall–Kier alpha value is -1.38. The molecule has 8 heteroatoms. The maximum Gasteiger partial charge on any atom is 0.305 e. The number of benzene rings is 1.